The molecule has 5 aliphatic carbocycles. The minimum atomic E-state index is -1.41. The fourth-order valence-corrected chi connectivity index (χ4v) is 253. The zero-order valence-corrected chi connectivity index (χ0v) is 33.1. The van der Waals surface area contributed by atoms with E-state index in [4.69, 9.17) is 0 Å². The molecule has 1 aliphatic heterocycles. The quantitative estimate of drug-likeness (QED) is 0.211. The Hall–Kier alpha value is 1.08. The predicted molar refractivity (Wildman–Crippen MR) is 192 cm³/mol. The highest BCUT2D eigenvalue weighted by atomic mass is 30.2. The zero-order valence-electron chi connectivity index (χ0n) is 28.1. The van der Waals surface area contributed by atoms with Gasteiger partial charge in [-0.1, -0.05) is 193 Å². The van der Waals surface area contributed by atoms with Crippen LogP contribution >= 0.6 is 0 Å². The van der Waals surface area contributed by atoms with Crippen LogP contribution in [-0.2, 0) is 0 Å². The summed E-state index contributed by atoms with van der Waals surface area (Å²) in [4.78, 5) is 0. The van der Waals surface area contributed by atoms with Gasteiger partial charge >= 0.3 is 0 Å². The van der Waals surface area contributed by atoms with Crippen molar-refractivity contribution in [3.63, 3.8) is 0 Å². The number of hydrogen-bond acceptors (Lipinski definition) is 0. The van der Waals surface area contributed by atoms with Crippen molar-refractivity contribution >= 4 is 35.5 Å². The van der Waals surface area contributed by atoms with E-state index >= 15 is 0 Å². The maximum Gasteiger partial charge on any atom is 0.0410 e. The van der Waals surface area contributed by atoms with Gasteiger partial charge in [-0.3, -0.25) is 0 Å². The molecule has 1 saturated heterocycles. The molecule has 0 atom stereocenters. The summed E-state index contributed by atoms with van der Waals surface area (Å²) in [6.07, 6.45) is 33.9. The van der Waals surface area contributed by atoms with Gasteiger partial charge in [-0.2, -0.15) is 0 Å². The van der Waals surface area contributed by atoms with E-state index in [1.807, 2.05) is 30.2 Å². The van der Waals surface area contributed by atoms with Crippen LogP contribution in [-0.4, -0.2) is 35.5 Å². The van der Waals surface area contributed by atoms with E-state index in [0.29, 0.717) is 0 Å². The lowest BCUT2D eigenvalue weighted by molar-refractivity contribution is 0.802. The van der Waals surface area contributed by atoms with E-state index in [1.165, 1.54) is 27.7 Å². The SMILES string of the molecule is CC[Si]1(C2CCCC2)[Si](CC)(C2CCCC2)[Si](CC)(C2CCCC2)[Si](CC)(C2CCCC2)[Si]1(CC)C1CCCC1. The standard InChI is InChI=1S/C35H70Si5/c1-6-36(31-21-11-12-22-31)37(7-2,32-23-13-14-24-32)39(9-4,34-27-17-18-28-34)40(10-5,35-29-19-20-30-35)38(36,8-3)33-25-15-16-26-33/h31-35H,6-30H2,1-5H3. The van der Waals surface area contributed by atoms with Crippen LogP contribution in [0.3, 0.4) is 0 Å². The highest BCUT2D eigenvalue weighted by Gasteiger charge is 2.91. The summed E-state index contributed by atoms with van der Waals surface area (Å²) in [7, 11) is -7.05. The van der Waals surface area contributed by atoms with Crippen molar-refractivity contribution < 1.29 is 0 Å². The Morgan fingerprint density at radius 1 is 0.275 bits per heavy atom. The fourth-order valence-electron chi connectivity index (χ4n) is 17.3. The van der Waals surface area contributed by atoms with E-state index in [1.54, 1.807) is 128 Å². The second-order valence-corrected chi connectivity index (χ2v) is 68.1. The molecule has 0 aromatic carbocycles. The van der Waals surface area contributed by atoms with Crippen molar-refractivity contribution in [2.45, 2.75) is 221 Å². The Bertz CT molecular complexity index is 667. The van der Waals surface area contributed by atoms with E-state index in [-0.39, 0.29) is 0 Å². The minimum Gasteiger partial charge on any atom is -0.0682 e. The van der Waals surface area contributed by atoms with Crippen molar-refractivity contribution in [2.75, 3.05) is 0 Å². The molecule has 0 spiro atoms. The van der Waals surface area contributed by atoms with Gasteiger partial charge in [0, 0.05) is 35.5 Å². The largest absolute Gasteiger partial charge is 0.0682 e. The molecule has 5 saturated carbocycles. The van der Waals surface area contributed by atoms with E-state index in [0.717, 1.165) is 0 Å². The Kier molecular flexibility index (Phi) is 9.42. The first-order valence-electron chi connectivity index (χ1n) is 19.6. The summed E-state index contributed by atoms with van der Waals surface area (Å²) in [5.41, 5.74) is 6.66. The van der Waals surface area contributed by atoms with Crippen molar-refractivity contribution in [1.29, 1.82) is 0 Å². The molecule has 0 amide bonds. The zero-order chi connectivity index (χ0) is 28.1. The Morgan fingerprint density at radius 3 is 0.500 bits per heavy atom. The molecule has 0 aromatic rings. The molecule has 0 bridgehead atoms. The van der Waals surface area contributed by atoms with Gasteiger partial charge in [-0.25, -0.2) is 0 Å². The molecular formula is C35H70Si5. The van der Waals surface area contributed by atoms with Gasteiger partial charge in [-0.15, -0.1) is 0 Å². The fraction of sp³-hybridized carbons (Fsp3) is 1.00. The first-order valence-corrected chi connectivity index (χ1v) is 36.0. The summed E-state index contributed by atoms with van der Waals surface area (Å²) in [6, 6.07) is 9.21. The molecule has 0 nitrogen and oxygen atoms in total. The summed E-state index contributed by atoms with van der Waals surface area (Å²) >= 11 is 0. The monoisotopic (exact) mass is 630 g/mol. The molecule has 6 fully saturated rings. The maximum atomic E-state index is 2.97. The third kappa shape index (κ3) is 3.57. The van der Waals surface area contributed by atoms with Gasteiger partial charge < -0.3 is 0 Å². The third-order valence-corrected chi connectivity index (χ3v) is 139. The molecule has 0 aromatic heterocycles. The molecule has 6 aliphatic rings. The molecule has 40 heavy (non-hydrogen) atoms. The van der Waals surface area contributed by atoms with Crippen molar-refractivity contribution in [2.24, 2.45) is 0 Å². The van der Waals surface area contributed by atoms with E-state index in [2.05, 4.69) is 34.6 Å². The molecule has 6 rings (SSSR count). The van der Waals surface area contributed by atoms with Crippen LogP contribution in [0.5, 0.6) is 0 Å². The van der Waals surface area contributed by atoms with Crippen molar-refractivity contribution in [3.05, 3.63) is 0 Å². The second kappa shape index (κ2) is 12.1. The lowest BCUT2D eigenvalue weighted by atomic mass is 10.4. The van der Waals surface area contributed by atoms with Crippen molar-refractivity contribution in [1.82, 2.24) is 0 Å². The van der Waals surface area contributed by atoms with Gasteiger partial charge in [-0.05, 0) is 27.7 Å². The summed E-state index contributed by atoms with van der Waals surface area (Å²) in [5, 5.41) is 0. The summed E-state index contributed by atoms with van der Waals surface area (Å²) in [5.74, 6) is 0. The highest BCUT2D eigenvalue weighted by Crippen LogP contribution is 2.77. The van der Waals surface area contributed by atoms with Crippen LogP contribution in [0.2, 0.25) is 57.9 Å². The Balaban J connectivity index is 1.80. The van der Waals surface area contributed by atoms with Crippen LogP contribution in [0.1, 0.15) is 163 Å². The van der Waals surface area contributed by atoms with E-state index < -0.39 is 35.5 Å². The predicted octanol–water partition coefficient (Wildman–Crippen LogP) is 12.5. The summed E-state index contributed by atoms with van der Waals surface area (Å²) < 4.78 is 0. The molecule has 0 N–H and O–H groups in total. The number of rotatable bonds is 10. The Morgan fingerprint density at radius 2 is 0.400 bits per heavy atom. The smallest absolute Gasteiger partial charge is 0.0410 e. The lowest BCUT2D eigenvalue weighted by Crippen LogP contribution is -2.81. The molecular weight excluding hydrogens is 561 g/mol. The van der Waals surface area contributed by atoms with Gasteiger partial charge in [0.15, 0.2) is 0 Å². The van der Waals surface area contributed by atoms with Gasteiger partial charge in [0.1, 0.15) is 0 Å². The third-order valence-electron chi connectivity index (χ3n) is 17.0. The normalized spacial score (nSPS) is 44.6. The van der Waals surface area contributed by atoms with Crippen LogP contribution in [0.25, 0.3) is 0 Å². The highest BCUT2D eigenvalue weighted by molar-refractivity contribution is 8.15. The number of hydrogen-bond donors (Lipinski definition) is 0. The average molecular weight is 631 g/mol. The summed E-state index contributed by atoms with van der Waals surface area (Å²) in [6.45, 7) is 14.9. The van der Waals surface area contributed by atoms with E-state index in [9.17, 15) is 0 Å². The minimum absolute atomic E-state index is 1.33. The van der Waals surface area contributed by atoms with Crippen LogP contribution < -0.4 is 0 Å². The van der Waals surface area contributed by atoms with Crippen LogP contribution in [0.4, 0.5) is 0 Å². The van der Waals surface area contributed by atoms with Crippen LogP contribution in [0, 0.1) is 0 Å². The molecule has 5 heteroatoms. The molecule has 230 valence electrons. The van der Waals surface area contributed by atoms with Gasteiger partial charge in [0.05, 0.1) is 0 Å². The second-order valence-electron chi connectivity index (χ2n) is 16.5. The topological polar surface area (TPSA) is 0 Å². The maximum absolute atomic E-state index is 2.97. The molecule has 0 radical (unpaired) electrons. The molecule has 1 heterocycles. The molecule has 0 unspecified atom stereocenters. The van der Waals surface area contributed by atoms with Gasteiger partial charge in [0.2, 0.25) is 0 Å². The average Bonchev–Trinajstić information content (AvgIpc) is 3.83. The van der Waals surface area contributed by atoms with Crippen LogP contribution in [0.15, 0.2) is 0 Å². The first-order chi connectivity index (χ1) is 19.6. The first kappa shape index (κ1) is 31.1. The van der Waals surface area contributed by atoms with Gasteiger partial charge in [0.25, 0.3) is 0 Å². The Labute approximate surface area is 255 Å². The lowest BCUT2D eigenvalue weighted by Gasteiger charge is -2.62. The van der Waals surface area contributed by atoms with Crippen molar-refractivity contribution in [3.8, 4) is 0 Å².